The first-order chi connectivity index (χ1) is 29.4. The van der Waals surface area contributed by atoms with Crippen molar-refractivity contribution in [3.05, 3.63) is 97.1 Å². The number of nitrogens with one attached hydrogen (secondary N) is 3. The van der Waals surface area contributed by atoms with E-state index in [-0.39, 0.29) is 0 Å². The molecule has 0 saturated carbocycles. The minimum atomic E-state index is -3.02. The monoisotopic (exact) mass is 819 g/mol. The van der Waals surface area contributed by atoms with E-state index in [1.165, 1.54) is 51.4 Å². The van der Waals surface area contributed by atoms with Gasteiger partial charge in [-0.3, -0.25) is 0 Å². The third-order valence-electron chi connectivity index (χ3n) is 11.1. The van der Waals surface area contributed by atoms with Gasteiger partial charge in [-0.15, -0.1) is 0 Å². The number of benzene rings is 4. The van der Waals surface area contributed by atoms with Gasteiger partial charge in [0.25, 0.3) is 0 Å². The summed E-state index contributed by atoms with van der Waals surface area (Å²) in [6, 6.07) is 32.2. The van der Waals surface area contributed by atoms with Gasteiger partial charge in [-0.1, -0.05) is 175 Å². The van der Waals surface area contributed by atoms with Crippen molar-refractivity contribution in [2.24, 2.45) is 0 Å². The lowest BCUT2D eigenvalue weighted by Gasteiger charge is -2.06. The molecule has 3 N–H and O–H groups in total. The number of sulfonamides is 1. The molecule has 0 saturated heterocycles. The molecular formula is C48H53N9O2S. The van der Waals surface area contributed by atoms with Gasteiger partial charge in [0, 0.05) is 50.3 Å². The number of rotatable bonds is 15. The average Bonchev–Trinajstić information content (AvgIpc) is 4.01. The molecule has 11 nitrogen and oxygen atoms in total. The van der Waals surface area contributed by atoms with Crippen LogP contribution in [0.15, 0.2) is 97.1 Å². The van der Waals surface area contributed by atoms with Gasteiger partial charge >= 0.3 is 0 Å². The number of hydrogen-bond acceptors (Lipinski definition) is 8. The first-order valence-electron chi connectivity index (χ1n) is 21.6. The Morgan fingerprint density at radius 1 is 0.417 bits per heavy atom. The molecule has 8 bridgehead atoms. The van der Waals surface area contributed by atoms with E-state index in [4.69, 9.17) is 29.9 Å². The van der Waals surface area contributed by atoms with Crippen molar-refractivity contribution in [3.63, 3.8) is 0 Å². The molecule has 0 spiro atoms. The molecule has 60 heavy (non-hydrogen) atoms. The highest BCUT2D eigenvalue weighted by atomic mass is 32.2. The molecule has 308 valence electrons. The second-order valence-corrected chi connectivity index (χ2v) is 17.5. The molecule has 2 aliphatic heterocycles. The Kier molecular flexibility index (Phi) is 13.0. The molecule has 0 aliphatic carbocycles. The number of aromatic amines is 2. The number of H-pyrrole nitrogens is 2. The third-order valence-corrected chi connectivity index (χ3v) is 12.5. The van der Waals surface area contributed by atoms with Crippen LogP contribution < -0.4 is 4.72 Å². The van der Waals surface area contributed by atoms with Crippen molar-refractivity contribution in [2.45, 2.75) is 90.9 Å². The molecule has 0 amide bonds. The Balaban J connectivity index is 0.000000214. The van der Waals surface area contributed by atoms with Crippen molar-refractivity contribution in [3.8, 4) is 45.6 Å². The summed E-state index contributed by atoms with van der Waals surface area (Å²) in [6.07, 6.45) is 13.9. The zero-order chi connectivity index (χ0) is 41.3. The second-order valence-electron chi connectivity index (χ2n) is 15.5. The highest BCUT2D eigenvalue weighted by Gasteiger charge is 2.21. The van der Waals surface area contributed by atoms with E-state index in [1.54, 1.807) is 0 Å². The number of nitrogens with zero attached hydrogens (tertiary/aromatic N) is 6. The topological polar surface area (TPSA) is 155 Å². The molecule has 0 fully saturated rings. The van der Waals surface area contributed by atoms with Crippen LogP contribution >= 0.6 is 0 Å². The molecule has 0 atom stereocenters. The summed E-state index contributed by atoms with van der Waals surface area (Å²) in [4.78, 5) is 36.8. The number of aromatic nitrogens is 8. The maximum absolute atomic E-state index is 11.7. The summed E-state index contributed by atoms with van der Waals surface area (Å²) >= 11 is 0. The Labute approximate surface area is 351 Å². The maximum Gasteiger partial charge on any atom is 0.211 e. The molecule has 0 unspecified atom stereocenters. The fourth-order valence-electron chi connectivity index (χ4n) is 7.87. The fourth-order valence-corrected chi connectivity index (χ4v) is 9.05. The van der Waals surface area contributed by atoms with E-state index in [9.17, 15) is 8.42 Å². The van der Waals surface area contributed by atoms with E-state index in [2.05, 4.69) is 28.5 Å². The number of hydrogen-bond donors (Lipinski definition) is 3. The molecule has 7 aromatic rings. The van der Waals surface area contributed by atoms with Gasteiger partial charge in [0.15, 0.2) is 23.3 Å². The SMILES string of the molecule is CCCCCCCCNS(=O)(=O)CCCCCCCC.c1ccc2c(c1)-c1nc-2nc2[nH]c(nc3nc(nc4[nH]c(n1)c1ccccc41)-c1ccccc1-3)c1ccccc21. The summed E-state index contributed by atoms with van der Waals surface area (Å²) in [5, 5.41) is 3.82. The average molecular weight is 820 g/mol. The van der Waals surface area contributed by atoms with Gasteiger partial charge in [-0.25, -0.2) is 43.0 Å². The van der Waals surface area contributed by atoms with Crippen LogP contribution in [0.4, 0.5) is 0 Å². The van der Waals surface area contributed by atoms with Gasteiger partial charge in [-0.2, -0.15) is 0 Å². The molecule has 4 aromatic carbocycles. The van der Waals surface area contributed by atoms with Gasteiger partial charge in [0.2, 0.25) is 10.0 Å². The van der Waals surface area contributed by atoms with Gasteiger partial charge in [-0.05, 0) is 12.8 Å². The first-order valence-corrected chi connectivity index (χ1v) is 23.2. The summed E-state index contributed by atoms with van der Waals surface area (Å²) in [5.74, 6) is 2.69. The van der Waals surface area contributed by atoms with Gasteiger partial charge < -0.3 is 9.97 Å². The molecule has 2 aliphatic rings. The van der Waals surface area contributed by atoms with Crippen LogP contribution in [0, 0.1) is 0 Å². The number of unbranched alkanes of at least 4 members (excludes halogenated alkanes) is 10. The Hall–Kier alpha value is -5.85. The van der Waals surface area contributed by atoms with Crippen LogP contribution in [0.1, 0.15) is 90.9 Å². The first kappa shape index (κ1) is 40.9. The lowest BCUT2D eigenvalue weighted by atomic mass is 10.1. The third kappa shape index (κ3) is 9.30. The smallest absolute Gasteiger partial charge is 0.211 e. The molecule has 0 radical (unpaired) electrons. The Morgan fingerprint density at radius 2 is 0.733 bits per heavy atom. The minimum Gasteiger partial charge on any atom is -0.324 e. The fraction of sp³-hybridized carbons (Fsp3) is 0.333. The lowest BCUT2D eigenvalue weighted by Crippen LogP contribution is -2.27. The summed E-state index contributed by atoms with van der Waals surface area (Å²) in [5.41, 5.74) is 6.45. The lowest BCUT2D eigenvalue weighted by molar-refractivity contribution is 0.560. The van der Waals surface area contributed by atoms with Crippen LogP contribution in [-0.4, -0.2) is 60.6 Å². The van der Waals surface area contributed by atoms with Crippen molar-refractivity contribution in [2.75, 3.05) is 12.3 Å². The van der Waals surface area contributed by atoms with Crippen LogP contribution in [-0.2, 0) is 10.0 Å². The molecule has 12 heteroatoms. The van der Waals surface area contributed by atoms with Crippen LogP contribution in [0.3, 0.4) is 0 Å². The summed E-state index contributed by atoms with van der Waals surface area (Å²) in [7, 11) is -3.02. The predicted molar refractivity (Wildman–Crippen MR) is 245 cm³/mol. The number of fused-ring (bicyclic) bond motifs is 20. The highest BCUT2D eigenvalue weighted by molar-refractivity contribution is 7.89. The maximum atomic E-state index is 11.7. The van der Waals surface area contributed by atoms with E-state index >= 15 is 0 Å². The summed E-state index contributed by atoms with van der Waals surface area (Å²) in [6.45, 7) is 5.01. The van der Waals surface area contributed by atoms with E-state index in [0.717, 1.165) is 69.5 Å². The van der Waals surface area contributed by atoms with Crippen LogP contribution in [0.25, 0.3) is 89.7 Å². The minimum absolute atomic E-state index is 0.301. The van der Waals surface area contributed by atoms with Crippen molar-refractivity contribution in [1.29, 1.82) is 0 Å². The molecule has 9 rings (SSSR count). The predicted octanol–water partition coefficient (Wildman–Crippen LogP) is 11.5. The van der Waals surface area contributed by atoms with E-state index in [0.29, 0.717) is 58.2 Å². The molecule has 5 heterocycles. The van der Waals surface area contributed by atoms with Crippen molar-refractivity contribution < 1.29 is 8.42 Å². The Morgan fingerprint density at radius 3 is 1.10 bits per heavy atom. The second kappa shape index (κ2) is 19.0. The highest BCUT2D eigenvalue weighted by Crippen LogP contribution is 2.36. The van der Waals surface area contributed by atoms with Gasteiger partial charge in [0.1, 0.15) is 22.6 Å². The zero-order valence-electron chi connectivity index (χ0n) is 34.5. The van der Waals surface area contributed by atoms with Crippen molar-refractivity contribution >= 4 is 54.2 Å². The Bertz CT molecular complexity index is 2560. The van der Waals surface area contributed by atoms with E-state index in [1.807, 2.05) is 97.1 Å². The summed E-state index contributed by atoms with van der Waals surface area (Å²) < 4.78 is 26.2. The van der Waals surface area contributed by atoms with Crippen LogP contribution in [0.5, 0.6) is 0 Å². The molecule has 3 aromatic heterocycles. The largest absolute Gasteiger partial charge is 0.324 e. The van der Waals surface area contributed by atoms with Crippen LogP contribution in [0.2, 0.25) is 0 Å². The van der Waals surface area contributed by atoms with Crippen molar-refractivity contribution in [1.82, 2.24) is 44.6 Å². The standard InChI is InChI=1S/C32H18N8.C16H35NO2S/c1-2-10-18-17(9-1)25-33-26(18)38-28-21-13-5-6-14-22(21)30(35-28)40-32-24-16-8-7-15-23(24)31(36-32)39-29-20-12-4-3-11-19(20)27(34-29)37-25;1-3-5-7-9-11-13-15-17-20(18,19)16-14-12-10-8-6-4-2/h1-16H,(H2,33,34,35,36,37,38,39,40);17H,3-16H2,1-2H3. The normalized spacial score (nSPS) is 12.0. The quantitative estimate of drug-likeness (QED) is 0.0863. The van der Waals surface area contributed by atoms with E-state index < -0.39 is 10.0 Å². The van der Waals surface area contributed by atoms with Gasteiger partial charge in [0.05, 0.1) is 5.75 Å². The zero-order valence-corrected chi connectivity index (χ0v) is 35.4. The molecular weight excluding hydrogens is 767 g/mol.